The second kappa shape index (κ2) is 6.56. The van der Waals surface area contributed by atoms with Crippen molar-refractivity contribution in [3.05, 3.63) is 58.1 Å². The van der Waals surface area contributed by atoms with E-state index in [4.69, 9.17) is 23.2 Å². The molecule has 0 aromatic heterocycles. The van der Waals surface area contributed by atoms with Crippen LogP contribution in [0.15, 0.2) is 42.5 Å². The summed E-state index contributed by atoms with van der Waals surface area (Å²) in [4.78, 5) is 12.3. The minimum absolute atomic E-state index is 0.134. The zero-order chi connectivity index (χ0) is 16.3. The second-order valence-electron chi connectivity index (χ2n) is 4.48. The molecule has 5 nitrogen and oxygen atoms in total. The number of halogens is 2. The van der Waals surface area contributed by atoms with Crippen LogP contribution in [0.25, 0.3) is 0 Å². The number of hydrogen-bond acceptors (Lipinski definition) is 3. The Labute approximate surface area is 138 Å². The number of hydrogen-bond donors (Lipinski definition) is 2. The highest BCUT2D eigenvalue weighted by atomic mass is 35.5. The Morgan fingerprint density at radius 3 is 2.27 bits per heavy atom. The van der Waals surface area contributed by atoms with Crippen molar-refractivity contribution in [3.63, 3.8) is 0 Å². The molecule has 8 heteroatoms. The molecule has 0 spiro atoms. The van der Waals surface area contributed by atoms with Gasteiger partial charge in [-0.15, -0.1) is 0 Å². The summed E-state index contributed by atoms with van der Waals surface area (Å²) < 4.78 is 25.0. The molecule has 0 fully saturated rings. The summed E-state index contributed by atoms with van der Waals surface area (Å²) in [5, 5.41) is 3.00. The molecule has 0 bridgehead atoms. The Morgan fingerprint density at radius 2 is 1.64 bits per heavy atom. The average Bonchev–Trinajstić information content (AvgIpc) is 2.42. The Bertz CT molecular complexity index is 823. The maximum atomic E-state index is 12.3. The largest absolute Gasteiger partial charge is 0.320 e. The number of benzene rings is 2. The monoisotopic (exact) mass is 358 g/mol. The quantitative estimate of drug-likeness (QED) is 0.876. The molecule has 1 amide bonds. The topological polar surface area (TPSA) is 75.3 Å². The first kappa shape index (κ1) is 16.6. The number of amides is 1. The molecular weight excluding hydrogens is 347 g/mol. The Hall–Kier alpha value is -1.76. The van der Waals surface area contributed by atoms with Crippen molar-refractivity contribution >= 4 is 50.5 Å². The first-order chi connectivity index (χ1) is 10.3. The van der Waals surface area contributed by atoms with Gasteiger partial charge in [0.25, 0.3) is 5.91 Å². The van der Waals surface area contributed by atoms with Crippen LogP contribution in [0, 0.1) is 0 Å². The highest BCUT2D eigenvalue weighted by Gasteiger charge is 2.15. The van der Waals surface area contributed by atoms with E-state index in [1.165, 1.54) is 12.1 Å². The first-order valence-electron chi connectivity index (χ1n) is 6.10. The van der Waals surface area contributed by atoms with Gasteiger partial charge >= 0.3 is 0 Å². The summed E-state index contributed by atoms with van der Waals surface area (Å²) in [6.07, 6.45) is 1.03. The van der Waals surface area contributed by atoms with E-state index >= 15 is 0 Å². The fourth-order valence-electron chi connectivity index (χ4n) is 1.75. The maximum Gasteiger partial charge on any atom is 0.257 e. The number of carbonyl (C=O) groups excluding carboxylic acids is 1. The van der Waals surface area contributed by atoms with Gasteiger partial charge in [0.1, 0.15) is 0 Å². The van der Waals surface area contributed by atoms with Gasteiger partial charge in [0.2, 0.25) is 10.0 Å². The van der Waals surface area contributed by atoms with Gasteiger partial charge in [0.05, 0.1) is 33.2 Å². The van der Waals surface area contributed by atoms with Crippen LogP contribution in [-0.4, -0.2) is 20.6 Å². The highest BCUT2D eigenvalue weighted by molar-refractivity contribution is 7.92. The van der Waals surface area contributed by atoms with Crippen molar-refractivity contribution in [2.75, 3.05) is 16.3 Å². The highest BCUT2D eigenvalue weighted by Crippen LogP contribution is 2.28. The lowest BCUT2D eigenvalue weighted by Crippen LogP contribution is -2.16. The third-order valence-corrected chi connectivity index (χ3v) is 4.08. The molecule has 0 aliphatic rings. The molecular formula is C14H12Cl2N2O3S. The standard InChI is InChI=1S/C14H12Cl2N2O3S/c1-22(20,21)18-12-8-3-2-7-11(12)17-14(19)9-5-4-6-10(15)13(9)16/h2-8,18H,1H3,(H,17,19). The summed E-state index contributed by atoms with van der Waals surface area (Å²) in [6, 6.07) is 11.1. The molecule has 0 saturated heterocycles. The predicted molar refractivity (Wildman–Crippen MR) is 89.3 cm³/mol. The fraction of sp³-hybridized carbons (Fsp3) is 0.0714. The molecule has 0 heterocycles. The summed E-state index contributed by atoms with van der Waals surface area (Å²) >= 11 is 11.9. The molecule has 2 aromatic carbocycles. The van der Waals surface area contributed by atoms with E-state index in [-0.39, 0.29) is 21.3 Å². The van der Waals surface area contributed by atoms with Gasteiger partial charge in [0.15, 0.2) is 0 Å². The molecule has 2 N–H and O–H groups in total. The van der Waals surface area contributed by atoms with E-state index in [1.54, 1.807) is 30.3 Å². The fourth-order valence-corrected chi connectivity index (χ4v) is 2.71. The summed E-state index contributed by atoms with van der Waals surface area (Å²) in [7, 11) is -3.46. The molecule has 22 heavy (non-hydrogen) atoms. The van der Waals surface area contributed by atoms with Crippen LogP contribution in [0.4, 0.5) is 11.4 Å². The number of sulfonamides is 1. The molecule has 0 radical (unpaired) electrons. The average molecular weight is 359 g/mol. The lowest BCUT2D eigenvalue weighted by Gasteiger charge is -2.12. The number of para-hydroxylation sites is 2. The van der Waals surface area contributed by atoms with Crippen molar-refractivity contribution < 1.29 is 13.2 Å². The minimum atomic E-state index is -3.46. The summed E-state index contributed by atoms with van der Waals surface area (Å²) in [6.45, 7) is 0. The lowest BCUT2D eigenvalue weighted by atomic mass is 10.2. The first-order valence-corrected chi connectivity index (χ1v) is 8.75. The Kier molecular flexibility index (Phi) is 4.95. The van der Waals surface area contributed by atoms with Gasteiger partial charge in [-0.1, -0.05) is 41.4 Å². The van der Waals surface area contributed by atoms with E-state index in [0.29, 0.717) is 5.69 Å². The number of nitrogens with one attached hydrogen (secondary N) is 2. The van der Waals surface area contributed by atoms with Crippen molar-refractivity contribution in [1.29, 1.82) is 0 Å². The van der Waals surface area contributed by atoms with E-state index < -0.39 is 15.9 Å². The van der Waals surface area contributed by atoms with Gasteiger partial charge < -0.3 is 5.32 Å². The van der Waals surface area contributed by atoms with E-state index in [0.717, 1.165) is 6.26 Å². The zero-order valence-electron chi connectivity index (χ0n) is 11.4. The van der Waals surface area contributed by atoms with E-state index in [9.17, 15) is 13.2 Å². The number of rotatable bonds is 4. The lowest BCUT2D eigenvalue weighted by molar-refractivity contribution is 0.102. The molecule has 0 aliphatic carbocycles. The van der Waals surface area contributed by atoms with Crippen LogP contribution < -0.4 is 10.0 Å². The normalized spacial score (nSPS) is 11.0. The van der Waals surface area contributed by atoms with Crippen molar-refractivity contribution in [2.24, 2.45) is 0 Å². The van der Waals surface area contributed by atoms with Crippen LogP contribution in [0.1, 0.15) is 10.4 Å². The molecule has 2 rings (SSSR count). The number of anilines is 2. The summed E-state index contributed by atoms with van der Waals surface area (Å²) in [5.74, 6) is -0.491. The molecule has 2 aromatic rings. The smallest absolute Gasteiger partial charge is 0.257 e. The van der Waals surface area contributed by atoms with Crippen molar-refractivity contribution in [3.8, 4) is 0 Å². The predicted octanol–water partition coefficient (Wildman–Crippen LogP) is 3.62. The molecule has 116 valence electrons. The van der Waals surface area contributed by atoms with Crippen molar-refractivity contribution in [1.82, 2.24) is 0 Å². The second-order valence-corrected chi connectivity index (χ2v) is 7.01. The minimum Gasteiger partial charge on any atom is -0.320 e. The number of carbonyl (C=O) groups is 1. The van der Waals surface area contributed by atoms with Crippen LogP contribution in [0.5, 0.6) is 0 Å². The molecule has 0 atom stereocenters. The van der Waals surface area contributed by atoms with Gasteiger partial charge in [0, 0.05) is 0 Å². The zero-order valence-corrected chi connectivity index (χ0v) is 13.8. The van der Waals surface area contributed by atoms with Gasteiger partial charge in [-0.3, -0.25) is 9.52 Å². The summed E-state index contributed by atoms with van der Waals surface area (Å²) in [5.41, 5.74) is 0.772. The maximum absolute atomic E-state index is 12.3. The third kappa shape index (κ3) is 4.13. The van der Waals surface area contributed by atoms with Crippen LogP contribution in [-0.2, 0) is 10.0 Å². The molecule has 0 unspecified atom stereocenters. The molecule has 0 aliphatic heterocycles. The van der Waals surface area contributed by atoms with E-state index in [1.807, 2.05) is 0 Å². The van der Waals surface area contributed by atoms with Gasteiger partial charge in [-0.05, 0) is 24.3 Å². The van der Waals surface area contributed by atoms with Gasteiger partial charge in [-0.25, -0.2) is 8.42 Å². The van der Waals surface area contributed by atoms with E-state index in [2.05, 4.69) is 10.0 Å². The third-order valence-electron chi connectivity index (χ3n) is 2.67. The SMILES string of the molecule is CS(=O)(=O)Nc1ccccc1NC(=O)c1cccc(Cl)c1Cl. The van der Waals surface area contributed by atoms with Crippen LogP contribution in [0.3, 0.4) is 0 Å². The van der Waals surface area contributed by atoms with Crippen LogP contribution in [0.2, 0.25) is 10.0 Å². The Balaban J connectivity index is 2.31. The molecule has 0 saturated carbocycles. The van der Waals surface area contributed by atoms with Crippen LogP contribution >= 0.6 is 23.2 Å². The Morgan fingerprint density at radius 1 is 1.00 bits per heavy atom. The van der Waals surface area contributed by atoms with Crippen molar-refractivity contribution in [2.45, 2.75) is 0 Å². The van der Waals surface area contributed by atoms with Gasteiger partial charge in [-0.2, -0.15) is 0 Å².